The number of rotatable bonds is 1. The van der Waals surface area contributed by atoms with Crippen LogP contribution in [0.4, 0.5) is 4.79 Å². The third-order valence-corrected chi connectivity index (χ3v) is 2.63. The van der Waals surface area contributed by atoms with E-state index in [-0.39, 0.29) is 0 Å². The summed E-state index contributed by atoms with van der Waals surface area (Å²) >= 11 is 0. The first-order chi connectivity index (χ1) is 6.03. The Morgan fingerprint density at radius 3 is 2.69 bits per heavy atom. The van der Waals surface area contributed by atoms with E-state index in [1.165, 1.54) is 0 Å². The van der Waals surface area contributed by atoms with E-state index in [9.17, 15) is 9.59 Å². The molecule has 1 amide bonds. The molecule has 0 aromatic carbocycles. The summed E-state index contributed by atoms with van der Waals surface area (Å²) in [7, 11) is 0. The van der Waals surface area contributed by atoms with Crippen molar-refractivity contribution in [1.29, 1.82) is 0 Å². The topological polar surface area (TPSA) is 75.6 Å². The van der Waals surface area contributed by atoms with Crippen molar-refractivity contribution in [2.45, 2.75) is 18.4 Å². The maximum Gasteiger partial charge on any atom is 0.413 e. The Labute approximate surface area is 74.4 Å². The fourth-order valence-corrected chi connectivity index (χ4v) is 1.79. The molecule has 0 atom stereocenters. The van der Waals surface area contributed by atoms with Crippen molar-refractivity contribution < 1.29 is 19.4 Å². The van der Waals surface area contributed by atoms with E-state index in [0.717, 1.165) is 0 Å². The summed E-state index contributed by atoms with van der Waals surface area (Å²) < 4.78 is 4.71. The van der Waals surface area contributed by atoms with Gasteiger partial charge in [0.2, 0.25) is 0 Å². The van der Waals surface area contributed by atoms with Gasteiger partial charge in [0.1, 0.15) is 11.3 Å². The first-order valence-electron chi connectivity index (χ1n) is 3.96. The fraction of sp³-hybridized carbons (Fsp3) is 0.500. The van der Waals surface area contributed by atoms with Crippen LogP contribution in [0.3, 0.4) is 0 Å². The first-order valence-corrected chi connectivity index (χ1v) is 3.96. The zero-order valence-corrected chi connectivity index (χ0v) is 6.87. The number of carbonyl (C=O) groups is 2. The van der Waals surface area contributed by atoms with E-state index in [0.29, 0.717) is 18.6 Å². The summed E-state index contributed by atoms with van der Waals surface area (Å²) in [6, 6.07) is 0. The number of ether oxygens (including phenoxy) is 1. The average molecular weight is 183 g/mol. The van der Waals surface area contributed by atoms with E-state index in [1.807, 2.05) is 0 Å². The molecule has 0 aromatic rings. The number of carbonyl (C=O) groups excluding carboxylic acids is 1. The molecule has 0 radical (unpaired) electrons. The molecular formula is C8H9NO4. The molecule has 13 heavy (non-hydrogen) atoms. The number of hydrogen-bond acceptors (Lipinski definition) is 3. The minimum Gasteiger partial charge on any atom is -0.481 e. The quantitative estimate of drug-likeness (QED) is 0.619. The highest BCUT2D eigenvalue weighted by molar-refractivity contribution is 5.78. The van der Waals surface area contributed by atoms with Gasteiger partial charge in [-0.15, -0.1) is 0 Å². The van der Waals surface area contributed by atoms with Gasteiger partial charge in [-0.3, -0.25) is 4.79 Å². The second kappa shape index (κ2) is 2.25. The lowest BCUT2D eigenvalue weighted by atomic mass is 9.68. The molecule has 0 unspecified atom stereocenters. The lowest BCUT2D eigenvalue weighted by Crippen LogP contribution is -2.55. The summed E-state index contributed by atoms with van der Waals surface area (Å²) in [5.74, 6) is -0.881. The van der Waals surface area contributed by atoms with Crippen LogP contribution in [0.1, 0.15) is 12.8 Å². The summed E-state index contributed by atoms with van der Waals surface area (Å²) in [6.45, 7) is 3.58. The van der Waals surface area contributed by atoms with Crippen molar-refractivity contribution in [3.8, 4) is 0 Å². The van der Waals surface area contributed by atoms with Crippen molar-refractivity contribution in [3.63, 3.8) is 0 Å². The second-order valence-electron chi connectivity index (χ2n) is 3.46. The van der Waals surface area contributed by atoms with Crippen LogP contribution in [-0.4, -0.2) is 22.7 Å². The molecule has 5 nitrogen and oxygen atoms in total. The maximum absolute atomic E-state index is 10.8. The molecule has 2 fully saturated rings. The van der Waals surface area contributed by atoms with Gasteiger partial charge in [0.05, 0.1) is 5.92 Å². The monoisotopic (exact) mass is 183 g/mol. The number of aliphatic carboxylic acids is 1. The minimum absolute atomic E-state index is 0.343. The van der Waals surface area contributed by atoms with Crippen LogP contribution in [0.5, 0.6) is 0 Å². The number of nitrogens with one attached hydrogen (secondary N) is 1. The molecule has 1 aliphatic carbocycles. The molecule has 2 N–H and O–H groups in total. The Bertz CT molecular complexity index is 303. The molecule has 1 heterocycles. The van der Waals surface area contributed by atoms with E-state index in [1.54, 1.807) is 0 Å². The van der Waals surface area contributed by atoms with Crippen molar-refractivity contribution in [2.75, 3.05) is 0 Å². The fourth-order valence-electron chi connectivity index (χ4n) is 1.79. The van der Waals surface area contributed by atoms with Gasteiger partial charge in [0.15, 0.2) is 0 Å². The van der Waals surface area contributed by atoms with Crippen LogP contribution in [0, 0.1) is 5.92 Å². The van der Waals surface area contributed by atoms with Gasteiger partial charge in [-0.25, -0.2) is 4.79 Å². The van der Waals surface area contributed by atoms with Gasteiger partial charge < -0.3 is 15.2 Å². The lowest BCUT2D eigenvalue weighted by Gasteiger charge is -2.40. The molecule has 2 aliphatic rings. The number of alkyl carbamates (subject to hydrolysis) is 1. The molecule has 1 saturated heterocycles. The normalized spacial score (nSPS) is 36.8. The first kappa shape index (κ1) is 8.10. The lowest BCUT2D eigenvalue weighted by molar-refractivity contribution is -0.146. The highest BCUT2D eigenvalue weighted by atomic mass is 16.6. The number of amides is 1. The minimum atomic E-state index is -0.834. The molecule has 70 valence electrons. The van der Waals surface area contributed by atoms with Crippen LogP contribution in [0.2, 0.25) is 0 Å². The van der Waals surface area contributed by atoms with Gasteiger partial charge in [0, 0.05) is 0 Å². The van der Waals surface area contributed by atoms with E-state index < -0.39 is 23.5 Å². The molecule has 1 saturated carbocycles. The third-order valence-electron chi connectivity index (χ3n) is 2.63. The van der Waals surface area contributed by atoms with Crippen molar-refractivity contribution in [3.05, 3.63) is 12.3 Å². The van der Waals surface area contributed by atoms with Gasteiger partial charge in [0.25, 0.3) is 0 Å². The van der Waals surface area contributed by atoms with Crippen molar-refractivity contribution in [2.24, 2.45) is 5.92 Å². The number of carboxylic acid groups (broad SMARTS) is 1. The van der Waals surface area contributed by atoms with Gasteiger partial charge >= 0.3 is 12.1 Å². The zero-order valence-electron chi connectivity index (χ0n) is 6.87. The number of cyclic esters (lactones) is 1. The van der Waals surface area contributed by atoms with Crippen molar-refractivity contribution >= 4 is 12.1 Å². The SMILES string of the molecule is C=C1OC(=O)N[C@]12C[C@@H](C(=O)O)C2. The van der Waals surface area contributed by atoms with Crippen LogP contribution in [0.15, 0.2) is 12.3 Å². The Morgan fingerprint density at radius 1 is 1.69 bits per heavy atom. The van der Waals surface area contributed by atoms with Crippen LogP contribution >= 0.6 is 0 Å². The van der Waals surface area contributed by atoms with Gasteiger partial charge in [-0.1, -0.05) is 6.58 Å². The van der Waals surface area contributed by atoms with Crippen LogP contribution in [-0.2, 0) is 9.53 Å². The third kappa shape index (κ3) is 0.998. The molecule has 1 aliphatic heterocycles. The largest absolute Gasteiger partial charge is 0.481 e. The van der Waals surface area contributed by atoms with Crippen LogP contribution < -0.4 is 5.32 Å². The molecule has 0 bridgehead atoms. The smallest absolute Gasteiger partial charge is 0.413 e. The highest BCUT2D eigenvalue weighted by Gasteiger charge is 2.55. The summed E-state index contributed by atoms with van der Waals surface area (Å²) in [5.41, 5.74) is -0.597. The molecule has 0 aromatic heterocycles. The Kier molecular flexibility index (Phi) is 1.40. The summed E-state index contributed by atoms with van der Waals surface area (Å²) in [4.78, 5) is 21.3. The Balaban J connectivity index is 2.07. The average Bonchev–Trinajstić information content (AvgIpc) is 2.21. The van der Waals surface area contributed by atoms with Gasteiger partial charge in [-0.2, -0.15) is 0 Å². The zero-order chi connectivity index (χ0) is 9.64. The molecule has 5 heteroatoms. The predicted octanol–water partition coefficient (Wildman–Crippen LogP) is 0.473. The van der Waals surface area contributed by atoms with E-state index >= 15 is 0 Å². The van der Waals surface area contributed by atoms with Crippen LogP contribution in [0.25, 0.3) is 0 Å². The van der Waals surface area contributed by atoms with E-state index in [2.05, 4.69) is 11.9 Å². The molecule has 2 rings (SSSR count). The molecular weight excluding hydrogens is 174 g/mol. The van der Waals surface area contributed by atoms with Gasteiger partial charge in [-0.05, 0) is 12.8 Å². The highest BCUT2D eigenvalue weighted by Crippen LogP contribution is 2.45. The summed E-state index contributed by atoms with van der Waals surface area (Å²) in [6.07, 6.45) is 0.230. The number of carboxylic acids is 1. The Morgan fingerprint density at radius 2 is 2.31 bits per heavy atom. The molecule has 1 spiro atoms. The predicted molar refractivity (Wildman–Crippen MR) is 41.8 cm³/mol. The Hall–Kier alpha value is -1.52. The van der Waals surface area contributed by atoms with E-state index in [4.69, 9.17) is 9.84 Å². The maximum atomic E-state index is 10.8. The van der Waals surface area contributed by atoms with Crippen molar-refractivity contribution in [1.82, 2.24) is 5.32 Å². The second-order valence-corrected chi connectivity index (χ2v) is 3.46. The summed E-state index contributed by atoms with van der Waals surface area (Å²) in [5, 5.41) is 11.2. The standard InChI is InChI=1S/C8H9NO4/c1-4-8(9-7(12)13-4)2-5(3-8)6(10)11/h5H,1-3H2,(H,9,12)(H,10,11)/t5-,8+. The number of hydrogen-bond donors (Lipinski definition) is 2.